The van der Waals surface area contributed by atoms with Crippen LogP contribution in [-0.2, 0) is 14.6 Å². The monoisotopic (exact) mass is 479 g/mol. The molecule has 33 heavy (non-hydrogen) atoms. The van der Waals surface area contributed by atoms with E-state index in [9.17, 15) is 22.0 Å². The van der Waals surface area contributed by atoms with Crippen LogP contribution in [0.15, 0.2) is 47.6 Å². The number of sulfone groups is 1. The minimum atomic E-state index is -3.33. The molecule has 1 heterocycles. The molecule has 0 spiro atoms. The van der Waals surface area contributed by atoms with Crippen LogP contribution in [0, 0.1) is 17.6 Å². The van der Waals surface area contributed by atoms with Gasteiger partial charge < -0.3 is 14.2 Å². The van der Waals surface area contributed by atoms with Crippen LogP contribution in [0.2, 0.25) is 0 Å². The highest BCUT2D eigenvalue weighted by Gasteiger charge is 2.28. The molecular formula is C23H27F2N3O4S. The van der Waals surface area contributed by atoms with Crippen molar-refractivity contribution in [3.63, 3.8) is 0 Å². The molecule has 0 bridgehead atoms. The largest absolute Gasteiger partial charge is 0.493 e. The normalized spacial score (nSPS) is 12.8. The molecule has 7 nitrogen and oxygen atoms in total. The van der Waals surface area contributed by atoms with Crippen LogP contribution in [0.3, 0.4) is 0 Å². The van der Waals surface area contributed by atoms with Gasteiger partial charge in [-0.25, -0.2) is 22.2 Å². The first kappa shape index (κ1) is 24.6. The van der Waals surface area contributed by atoms with E-state index in [0.717, 1.165) is 18.4 Å². The van der Waals surface area contributed by atoms with Crippen LogP contribution in [0.1, 0.15) is 26.3 Å². The molecule has 1 atom stereocenters. The maximum atomic E-state index is 13.8. The average molecular weight is 480 g/mol. The Hall–Kier alpha value is -3.01. The first-order valence-corrected chi connectivity index (χ1v) is 12.4. The Bertz CT molecular complexity index is 1260. The lowest BCUT2D eigenvalue weighted by Crippen LogP contribution is -2.37. The number of fused-ring (bicyclic) bond motifs is 1. The van der Waals surface area contributed by atoms with Crippen molar-refractivity contribution >= 4 is 26.8 Å². The van der Waals surface area contributed by atoms with Gasteiger partial charge in [-0.2, -0.15) is 0 Å². The van der Waals surface area contributed by atoms with Crippen molar-refractivity contribution < 1.29 is 26.7 Å². The van der Waals surface area contributed by atoms with E-state index >= 15 is 0 Å². The van der Waals surface area contributed by atoms with E-state index in [2.05, 4.69) is 4.98 Å². The summed E-state index contributed by atoms with van der Waals surface area (Å²) in [4.78, 5) is 19.1. The van der Waals surface area contributed by atoms with E-state index in [0.29, 0.717) is 24.2 Å². The number of nitrogens with zero attached hydrogens (tertiary/aromatic N) is 3. The van der Waals surface area contributed by atoms with E-state index in [1.54, 1.807) is 28.6 Å². The molecule has 0 aliphatic rings. The van der Waals surface area contributed by atoms with Gasteiger partial charge in [-0.15, -0.1) is 0 Å². The van der Waals surface area contributed by atoms with E-state index in [1.165, 1.54) is 18.5 Å². The number of halogens is 2. The van der Waals surface area contributed by atoms with Gasteiger partial charge in [0.15, 0.2) is 21.5 Å². The van der Waals surface area contributed by atoms with Crippen molar-refractivity contribution in [1.29, 1.82) is 0 Å². The van der Waals surface area contributed by atoms with Crippen LogP contribution < -0.4 is 4.74 Å². The molecule has 178 valence electrons. The lowest BCUT2D eigenvalue weighted by atomic mass is 10.0. The molecular weight excluding hydrogens is 452 g/mol. The Labute approximate surface area is 191 Å². The maximum Gasteiger partial charge on any atom is 0.245 e. The highest BCUT2D eigenvalue weighted by atomic mass is 32.2. The molecule has 1 amide bonds. The first-order chi connectivity index (χ1) is 15.5. The molecule has 10 heteroatoms. The fourth-order valence-electron chi connectivity index (χ4n) is 3.59. The Morgan fingerprint density at radius 3 is 2.55 bits per heavy atom. The molecule has 3 aromatic rings. The minimum Gasteiger partial charge on any atom is -0.493 e. The minimum absolute atomic E-state index is 0.125. The van der Waals surface area contributed by atoms with Crippen molar-refractivity contribution in [2.75, 3.05) is 26.5 Å². The summed E-state index contributed by atoms with van der Waals surface area (Å²) in [6, 6.07) is 7.67. The second-order valence-corrected chi connectivity index (χ2v) is 10.3. The Kier molecular flexibility index (Phi) is 7.36. The molecule has 0 fully saturated rings. The molecule has 0 saturated carbocycles. The third kappa shape index (κ3) is 5.68. The van der Waals surface area contributed by atoms with Crippen molar-refractivity contribution in [2.45, 2.75) is 31.2 Å². The second kappa shape index (κ2) is 9.86. The van der Waals surface area contributed by atoms with Gasteiger partial charge in [0.1, 0.15) is 11.8 Å². The standard InChI is InChI=1S/C23H27F2N3O4S/c1-15(2)22(28-14-26-20-12-18(24)19(25)13-21(20)28)23(29)27(3)9-6-10-32-16-7-5-8-17(11-16)33(4,30)31/h5,7-8,11-15,22H,6,9-10H2,1-4H3. The number of imidazole rings is 1. The number of carbonyl (C=O) groups excluding carboxylic acids is 1. The molecule has 0 saturated heterocycles. The zero-order chi connectivity index (χ0) is 24.3. The van der Waals surface area contributed by atoms with Crippen molar-refractivity contribution in [3.05, 3.63) is 54.4 Å². The molecule has 0 aliphatic heterocycles. The van der Waals surface area contributed by atoms with Crippen LogP contribution in [-0.4, -0.2) is 55.2 Å². The number of rotatable bonds is 9. The number of likely N-dealkylation sites (N-methyl/N-ethyl adjacent to an activating group) is 1. The summed E-state index contributed by atoms with van der Waals surface area (Å²) in [5.74, 6) is -1.86. The van der Waals surface area contributed by atoms with Crippen molar-refractivity contribution in [3.8, 4) is 5.75 Å². The topological polar surface area (TPSA) is 81.5 Å². The summed E-state index contributed by atoms with van der Waals surface area (Å²) >= 11 is 0. The number of ether oxygens (including phenoxy) is 1. The van der Waals surface area contributed by atoms with Gasteiger partial charge in [0.2, 0.25) is 5.91 Å². The Morgan fingerprint density at radius 2 is 1.88 bits per heavy atom. The third-order valence-corrected chi connectivity index (χ3v) is 6.43. The van der Waals surface area contributed by atoms with E-state index < -0.39 is 27.5 Å². The number of hydrogen-bond donors (Lipinski definition) is 0. The summed E-state index contributed by atoms with van der Waals surface area (Å²) in [6.07, 6.45) is 3.07. The maximum absolute atomic E-state index is 13.8. The average Bonchev–Trinajstić information content (AvgIpc) is 3.13. The molecule has 0 aliphatic carbocycles. The molecule has 1 unspecified atom stereocenters. The highest BCUT2D eigenvalue weighted by molar-refractivity contribution is 7.90. The lowest BCUT2D eigenvalue weighted by Gasteiger charge is -2.27. The highest BCUT2D eigenvalue weighted by Crippen LogP contribution is 2.27. The van der Waals surface area contributed by atoms with Gasteiger partial charge in [0, 0.05) is 32.0 Å². The summed E-state index contributed by atoms with van der Waals surface area (Å²) < 4.78 is 57.9. The molecule has 0 N–H and O–H groups in total. The molecule has 3 rings (SSSR count). The van der Waals surface area contributed by atoms with Crippen LogP contribution in [0.4, 0.5) is 8.78 Å². The lowest BCUT2D eigenvalue weighted by molar-refractivity contribution is -0.134. The fraction of sp³-hybridized carbons (Fsp3) is 0.391. The quantitative estimate of drug-likeness (QED) is 0.436. The summed E-state index contributed by atoms with van der Waals surface area (Å²) in [7, 11) is -1.66. The fourth-order valence-corrected chi connectivity index (χ4v) is 4.25. The summed E-state index contributed by atoms with van der Waals surface area (Å²) in [6.45, 7) is 4.43. The van der Waals surface area contributed by atoms with Gasteiger partial charge in [0.05, 0.1) is 28.9 Å². The van der Waals surface area contributed by atoms with Gasteiger partial charge in [-0.3, -0.25) is 4.79 Å². The number of aromatic nitrogens is 2. The number of amides is 1. The zero-order valence-corrected chi connectivity index (χ0v) is 19.8. The summed E-state index contributed by atoms with van der Waals surface area (Å²) in [5.41, 5.74) is 0.628. The van der Waals surface area contributed by atoms with Crippen LogP contribution in [0.5, 0.6) is 5.75 Å². The van der Waals surface area contributed by atoms with E-state index in [4.69, 9.17) is 4.74 Å². The second-order valence-electron chi connectivity index (χ2n) is 8.30. The predicted octanol–water partition coefficient (Wildman–Crippen LogP) is 3.84. The Balaban J connectivity index is 1.65. The molecule has 0 radical (unpaired) electrons. The van der Waals surface area contributed by atoms with Crippen molar-refractivity contribution in [1.82, 2.24) is 14.5 Å². The predicted molar refractivity (Wildman–Crippen MR) is 121 cm³/mol. The van der Waals surface area contributed by atoms with E-state index in [-0.39, 0.29) is 28.8 Å². The third-order valence-electron chi connectivity index (χ3n) is 5.32. The van der Waals surface area contributed by atoms with Gasteiger partial charge >= 0.3 is 0 Å². The van der Waals surface area contributed by atoms with Crippen molar-refractivity contribution in [2.24, 2.45) is 5.92 Å². The SMILES string of the molecule is CC(C)C(C(=O)N(C)CCCOc1cccc(S(C)(=O)=O)c1)n1cnc2cc(F)c(F)cc21. The number of hydrogen-bond acceptors (Lipinski definition) is 5. The summed E-state index contributed by atoms with van der Waals surface area (Å²) in [5, 5.41) is 0. The van der Waals surface area contributed by atoms with E-state index in [1.807, 2.05) is 13.8 Å². The first-order valence-electron chi connectivity index (χ1n) is 10.5. The van der Waals surface area contributed by atoms with Gasteiger partial charge in [-0.05, 0) is 30.5 Å². The smallest absolute Gasteiger partial charge is 0.245 e. The zero-order valence-electron chi connectivity index (χ0n) is 19.0. The molecule has 2 aromatic carbocycles. The van der Waals surface area contributed by atoms with Gasteiger partial charge in [-0.1, -0.05) is 19.9 Å². The number of benzene rings is 2. The van der Waals surface area contributed by atoms with Crippen LogP contribution in [0.25, 0.3) is 11.0 Å². The Morgan fingerprint density at radius 1 is 1.18 bits per heavy atom. The van der Waals surface area contributed by atoms with Gasteiger partial charge in [0.25, 0.3) is 0 Å². The van der Waals surface area contributed by atoms with Crippen LogP contribution >= 0.6 is 0 Å². The molecule has 1 aromatic heterocycles. The number of carbonyl (C=O) groups is 1.